The number of amides is 1. The normalized spacial score (nSPS) is 15.0. The molecule has 5 nitrogen and oxygen atoms in total. The summed E-state index contributed by atoms with van der Waals surface area (Å²) in [5, 5.41) is 0.583. The van der Waals surface area contributed by atoms with E-state index in [1.807, 2.05) is 29.2 Å². The third-order valence-corrected chi connectivity index (χ3v) is 4.84. The zero-order valence-corrected chi connectivity index (χ0v) is 15.8. The van der Waals surface area contributed by atoms with Crippen LogP contribution in [0.5, 0.6) is 11.5 Å². The molecule has 1 amide bonds. The Morgan fingerprint density at radius 1 is 1.04 bits per heavy atom. The first kappa shape index (κ1) is 18.5. The molecular formula is C20H23ClN2O3. The highest BCUT2D eigenvalue weighted by Crippen LogP contribution is 2.31. The van der Waals surface area contributed by atoms with Crippen LogP contribution in [0.2, 0.25) is 5.02 Å². The third kappa shape index (κ3) is 4.11. The molecule has 0 radical (unpaired) electrons. The highest BCUT2D eigenvalue weighted by Gasteiger charge is 2.23. The average molecular weight is 375 g/mol. The van der Waals surface area contributed by atoms with Gasteiger partial charge in [0.1, 0.15) is 0 Å². The number of benzene rings is 2. The number of hydrogen-bond donors (Lipinski definition) is 0. The molecule has 0 atom stereocenters. The number of carbonyl (C=O) groups excluding carboxylic acids is 1. The minimum Gasteiger partial charge on any atom is -0.493 e. The number of rotatable bonds is 5. The summed E-state index contributed by atoms with van der Waals surface area (Å²) in [5.74, 6) is 1.54. The predicted molar refractivity (Wildman–Crippen MR) is 102 cm³/mol. The number of para-hydroxylation sites is 1. The number of methoxy groups -OCH3 is 2. The summed E-state index contributed by atoms with van der Waals surface area (Å²) in [6, 6.07) is 13.0. The van der Waals surface area contributed by atoms with Gasteiger partial charge in [-0.25, -0.2) is 0 Å². The Morgan fingerprint density at radius 3 is 2.42 bits per heavy atom. The largest absolute Gasteiger partial charge is 0.493 e. The van der Waals surface area contributed by atoms with Crippen LogP contribution in [0.1, 0.15) is 15.9 Å². The summed E-state index contributed by atoms with van der Waals surface area (Å²) >= 11 is 5.99. The van der Waals surface area contributed by atoms with E-state index in [0.717, 1.165) is 36.7 Å². The van der Waals surface area contributed by atoms with Crippen LogP contribution < -0.4 is 9.47 Å². The molecule has 0 spiro atoms. The van der Waals surface area contributed by atoms with Crippen molar-refractivity contribution in [1.29, 1.82) is 0 Å². The van der Waals surface area contributed by atoms with E-state index >= 15 is 0 Å². The fourth-order valence-corrected chi connectivity index (χ4v) is 3.42. The Labute approximate surface area is 159 Å². The maximum atomic E-state index is 12.6. The maximum Gasteiger partial charge on any atom is 0.253 e. The van der Waals surface area contributed by atoms with E-state index in [9.17, 15) is 4.79 Å². The number of hydrogen-bond acceptors (Lipinski definition) is 4. The Morgan fingerprint density at radius 2 is 1.77 bits per heavy atom. The van der Waals surface area contributed by atoms with Crippen LogP contribution in [0.3, 0.4) is 0 Å². The van der Waals surface area contributed by atoms with Gasteiger partial charge in [0.05, 0.1) is 14.2 Å². The molecule has 0 unspecified atom stereocenters. The van der Waals surface area contributed by atoms with Crippen molar-refractivity contribution in [3.63, 3.8) is 0 Å². The summed E-state index contributed by atoms with van der Waals surface area (Å²) < 4.78 is 10.9. The van der Waals surface area contributed by atoms with Crippen LogP contribution in [0.25, 0.3) is 0 Å². The molecule has 1 fully saturated rings. The second-order valence-corrected chi connectivity index (χ2v) is 6.67. The molecule has 138 valence electrons. The van der Waals surface area contributed by atoms with Crippen LogP contribution in [0, 0.1) is 0 Å². The van der Waals surface area contributed by atoms with Gasteiger partial charge in [-0.2, -0.15) is 0 Å². The van der Waals surface area contributed by atoms with Crippen molar-refractivity contribution in [3.05, 3.63) is 58.6 Å². The fourth-order valence-electron chi connectivity index (χ4n) is 3.23. The van der Waals surface area contributed by atoms with Crippen molar-refractivity contribution >= 4 is 17.5 Å². The molecule has 0 aliphatic carbocycles. The first-order chi connectivity index (χ1) is 12.6. The fraction of sp³-hybridized carbons (Fsp3) is 0.350. The molecular weight excluding hydrogens is 352 g/mol. The molecule has 26 heavy (non-hydrogen) atoms. The van der Waals surface area contributed by atoms with E-state index in [4.69, 9.17) is 21.1 Å². The molecule has 0 aromatic heterocycles. The van der Waals surface area contributed by atoms with E-state index < -0.39 is 0 Å². The van der Waals surface area contributed by atoms with E-state index in [-0.39, 0.29) is 5.91 Å². The summed E-state index contributed by atoms with van der Waals surface area (Å²) in [6.07, 6.45) is 0. The number of nitrogens with zero attached hydrogens (tertiary/aromatic N) is 2. The van der Waals surface area contributed by atoms with Crippen LogP contribution in [-0.4, -0.2) is 56.1 Å². The van der Waals surface area contributed by atoms with Gasteiger partial charge in [-0.3, -0.25) is 9.69 Å². The van der Waals surface area contributed by atoms with Gasteiger partial charge in [0, 0.05) is 48.9 Å². The lowest BCUT2D eigenvalue weighted by atomic mass is 10.1. The lowest BCUT2D eigenvalue weighted by Gasteiger charge is -2.35. The van der Waals surface area contributed by atoms with Gasteiger partial charge in [0.25, 0.3) is 5.91 Å². The van der Waals surface area contributed by atoms with Gasteiger partial charge in [-0.05, 0) is 24.3 Å². The number of carbonyl (C=O) groups is 1. The Kier molecular flexibility index (Phi) is 6.01. The molecule has 1 aliphatic rings. The molecule has 0 N–H and O–H groups in total. The zero-order chi connectivity index (χ0) is 18.5. The third-order valence-electron chi connectivity index (χ3n) is 4.61. The molecule has 0 saturated carbocycles. The smallest absolute Gasteiger partial charge is 0.253 e. The molecule has 3 rings (SSSR count). The molecule has 0 bridgehead atoms. The average Bonchev–Trinajstić information content (AvgIpc) is 2.67. The quantitative estimate of drug-likeness (QED) is 0.805. The predicted octanol–water partition coefficient (Wildman–Crippen LogP) is 3.32. The number of halogens is 1. The standard InChI is InChI=1S/C20H23ClN2O3/c1-25-18-8-4-6-16(19(18)26-2)14-22-9-11-23(12-10-22)20(24)15-5-3-7-17(21)13-15/h3-8,13H,9-12,14H2,1-2H3. The summed E-state index contributed by atoms with van der Waals surface area (Å²) in [7, 11) is 3.30. The van der Waals surface area contributed by atoms with Gasteiger partial charge >= 0.3 is 0 Å². The summed E-state index contributed by atoms with van der Waals surface area (Å²) in [6.45, 7) is 3.77. The zero-order valence-electron chi connectivity index (χ0n) is 15.1. The van der Waals surface area contributed by atoms with Crippen molar-refractivity contribution in [2.75, 3.05) is 40.4 Å². The topological polar surface area (TPSA) is 42.0 Å². The van der Waals surface area contributed by atoms with E-state index in [2.05, 4.69) is 4.90 Å². The molecule has 2 aromatic rings. The molecule has 6 heteroatoms. The Balaban J connectivity index is 1.62. The van der Waals surface area contributed by atoms with Gasteiger partial charge in [-0.1, -0.05) is 29.8 Å². The lowest BCUT2D eigenvalue weighted by molar-refractivity contribution is 0.0627. The van der Waals surface area contributed by atoms with Crippen molar-refractivity contribution in [2.24, 2.45) is 0 Å². The van der Waals surface area contributed by atoms with Crippen molar-refractivity contribution in [2.45, 2.75) is 6.54 Å². The highest BCUT2D eigenvalue weighted by molar-refractivity contribution is 6.30. The van der Waals surface area contributed by atoms with Crippen LogP contribution >= 0.6 is 11.6 Å². The van der Waals surface area contributed by atoms with Gasteiger partial charge in [0.15, 0.2) is 11.5 Å². The van der Waals surface area contributed by atoms with E-state index in [0.29, 0.717) is 23.7 Å². The molecule has 2 aromatic carbocycles. The van der Waals surface area contributed by atoms with Crippen LogP contribution in [-0.2, 0) is 6.54 Å². The lowest BCUT2D eigenvalue weighted by Crippen LogP contribution is -2.48. The maximum absolute atomic E-state index is 12.6. The van der Waals surface area contributed by atoms with Crippen LogP contribution in [0.4, 0.5) is 0 Å². The van der Waals surface area contributed by atoms with Gasteiger partial charge in [0.2, 0.25) is 0 Å². The highest BCUT2D eigenvalue weighted by atomic mass is 35.5. The summed E-state index contributed by atoms with van der Waals surface area (Å²) in [5.41, 5.74) is 1.72. The first-order valence-corrected chi connectivity index (χ1v) is 8.97. The minimum atomic E-state index is 0.0334. The Bertz CT molecular complexity index is 773. The second-order valence-electron chi connectivity index (χ2n) is 6.23. The number of piperazine rings is 1. The number of ether oxygens (including phenoxy) is 2. The molecule has 1 saturated heterocycles. The monoisotopic (exact) mass is 374 g/mol. The Hall–Kier alpha value is -2.24. The van der Waals surface area contributed by atoms with E-state index in [1.54, 1.807) is 32.4 Å². The van der Waals surface area contributed by atoms with Crippen molar-refractivity contribution < 1.29 is 14.3 Å². The molecule has 1 heterocycles. The van der Waals surface area contributed by atoms with Crippen molar-refractivity contribution in [3.8, 4) is 11.5 Å². The first-order valence-electron chi connectivity index (χ1n) is 8.59. The van der Waals surface area contributed by atoms with Crippen LogP contribution in [0.15, 0.2) is 42.5 Å². The van der Waals surface area contributed by atoms with E-state index in [1.165, 1.54) is 0 Å². The van der Waals surface area contributed by atoms with Gasteiger partial charge < -0.3 is 14.4 Å². The SMILES string of the molecule is COc1cccc(CN2CCN(C(=O)c3cccc(Cl)c3)CC2)c1OC. The van der Waals surface area contributed by atoms with Gasteiger partial charge in [-0.15, -0.1) is 0 Å². The summed E-state index contributed by atoms with van der Waals surface area (Å²) in [4.78, 5) is 16.8. The minimum absolute atomic E-state index is 0.0334. The molecule has 1 aliphatic heterocycles. The second kappa shape index (κ2) is 8.43. The van der Waals surface area contributed by atoms with Crippen molar-refractivity contribution in [1.82, 2.24) is 9.80 Å².